The molecule has 168 valence electrons. The van der Waals surface area contributed by atoms with Crippen LogP contribution in [0.3, 0.4) is 0 Å². The van der Waals surface area contributed by atoms with Gasteiger partial charge in [0.15, 0.2) is 17.6 Å². The topological polar surface area (TPSA) is 77.1 Å². The fourth-order valence-corrected chi connectivity index (χ4v) is 4.08. The summed E-state index contributed by atoms with van der Waals surface area (Å²) in [6.45, 7) is 2.57. The number of carbonyl (C=O) groups excluding carboxylic acids is 2. The van der Waals surface area contributed by atoms with Crippen molar-refractivity contribution in [2.75, 3.05) is 12.1 Å². The molecule has 2 amide bonds. The highest BCUT2D eigenvalue weighted by Crippen LogP contribution is 2.33. The summed E-state index contributed by atoms with van der Waals surface area (Å²) in [6.07, 6.45) is -0.636. The SMILES string of the molecule is C[C@@H]1Oc2ccc(NC(=O)c3ccc4c(c3)OCO4)cc2CN(Cc2ccccc2Cl)C1=O. The van der Waals surface area contributed by atoms with Gasteiger partial charge in [0, 0.05) is 34.9 Å². The number of hydrogen-bond donors (Lipinski definition) is 1. The van der Waals surface area contributed by atoms with Crippen molar-refractivity contribution in [1.82, 2.24) is 4.90 Å². The first kappa shape index (κ1) is 21.2. The average molecular weight is 465 g/mol. The maximum absolute atomic E-state index is 12.9. The monoisotopic (exact) mass is 464 g/mol. The standard InChI is InChI=1S/C25H21ClN2O5/c1-15-25(30)28(12-17-4-2-3-5-20(17)26)13-18-10-19(7-9-21(18)33-15)27-24(29)16-6-8-22-23(11-16)32-14-31-22/h2-11,15H,12-14H2,1H3,(H,27,29)/t15-/m0/s1. The van der Waals surface area contributed by atoms with Crippen molar-refractivity contribution in [3.8, 4) is 17.2 Å². The molecule has 0 saturated heterocycles. The molecule has 0 aliphatic carbocycles. The van der Waals surface area contributed by atoms with Gasteiger partial charge < -0.3 is 24.4 Å². The van der Waals surface area contributed by atoms with E-state index in [0.717, 1.165) is 11.1 Å². The third-order valence-corrected chi connectivity index (χ3v) is 5.97. The van der Waals surface area contributed by atoms with Gasteiger partial charge in [0.1, 0.15) is 5.75 Å². The summed E-state index contributed by atoms with van der Waals surface area (Å²) in [5.41, 5.74) is 2.70. The lowest BCUT2D eigenvalue weighted by atomic mass is 10.1. The minimum Gasteiger partial charge on any atom is -0.481 e. The molecule has 0 saturated carbocycles. The molecule has 3 aromatic carbocycles. The van der Waals surface area contributed by atoms with Gasteiger partial charge in [-0.05, 0) is 55.0 Å². The first-order valence-electron chi connectivity index (χ1n) is 10.5. The average Bonchev–Trinajstić information content (AvgIpc) is 3.25. The fraction of sp³-hybridized carbons (Fsp3) is 0.200. The molecule has 0 unspecified atom stereocenters. The van der Waals surface area contributed by atoms with Crippen LogP contribution in [-0.2, 0) is 17.9 Å². The van der Waals surface area contributed by atoms with Gasteiger partial charge in [-0.1, -0.05) is 29.8 Å². The van der Waals surface area contributed by atoms with E-state index in [4.69, 9.17) is 25.8 Å². The summed E-state index contributed by atoms with van der Waals surface area (Å²) in [4.78, 5) is 27.4. The van der Waals surface area contributed by atoms with Crippen molar-refractivity contribution in [3.05, 3.63) is 82.4 Å². The van der Waals surface area contributed by atoms with E-state index in [1.807, 2.05) is 24.3 Å². The fourth-order valence-electron chi connectivity index (χ4n) is 3.88. The Hall–Kier alpha value is -3.71. The molecular weight excluding hydrogens is 444 g/mol. The highest BCUT2D eigenvalue weighted by molar-refractivity contribution is 6.31. The van der Waals surface area contributed by atoms with Crippen LogP contribution >= 0.6 is 11.6 Å². The van der Waals surface area contributed by atoms with Crippen molar-refractivity contribution in [1.29, 1.82) is 0 Å². The molecule has 1 atom stereocenters. The lowest BCUT2D eigenvalue weighted by Gasteiger charge is -2.22. The van der Waals surface area contributed by atoms with E-state index in [1.54, 1.807) is 48.2 Å². The third kappa shape index (κ3) is 4.32. The van der Waals surface area contributed by atoms with Crippen LogP contribution in [0.1, 0.15) is 28.4 Å². The molecule has 0 aromatic heterocycles. The number of halogens is 1. The number of rotatable bonds is 4. The minimum absolute atomic E-state index is 0.128. The number of anilines is 1. The number of hydrogen-bond acceptors (Lipinski definition) is 5. The molecular formula is C25H21ClN2O5. The molecule has 1 N–H and O–H groups in total. The predicted molar refractivity (Wildman–Crippen MR) is 123 cm³/mol. The van der Waals surface area contributed by atoms with Crippen molar-refractivity contribution in [2.24, 2.45) is 0 Å². The number of nitrogens with one attached hydrogen (secondary N) is 1. The number of benzene rings is 3. The molecule has 2 aliphatic rings. The zero-order valence-electron chi connectivity index (χ0n) is 17.8. The van der Waals surface area contributed by atoms with Crippen molar-refractivity contribution in [2.45, 2.75) is 26.1 Å². The molecule has 0 radical (unpaired) electrons. The van der Waals surface area contributed by atoms with Crippen molar-refractivity contribution in [3.63, 3.8) is 0 Å². The smallest absolute Gasteiger partial charge is 0.263 e. The molecule has 8 heteroatoms. The highest BCUT2D eigenvalue weighted by Gasteiger charge is 2.28. The molecule has 2 aliphatic heterocycles. The van der Waals surface area contributed by atoms with Crippen LogP contribution < -0.4 is 19.5 Å². The molecule has 2 heterocycles. The lowest BCUT2D eigenvalue weighted by molar-refractivity contribution is -0.138. The van der Waals surface area contributed by atoms with E-state index < -0.39 is 6.10 Å². The van der Waals surface area contributed by atoms with Gasteiger partial charge in [-0.2, -0.15) is 0 Å². The van der Waals surface area contributed by atoms with Gasteiger partial charge in [-0.15, -0.1) is 0 Å². The maximum Gasteiger partial charge on any atom is 0.263 e. The summed E-state index contributed by atoms with van der Waals surface area (Å²) in [5, 5.41) is 3.51. The molecule has 5 rings (SSSR count). The lowest BCUT2D eigenvalue weighted by Crippen LogP contribution is -2.37. The molecule has 0 bridgehead atoms. The normalized spacial score (nSPS) is 16.6. The van der Waals surface area contributed by atoms with Crippen LogP contribution in [0.2, 0.25) is 5.02 Å². The van der Waals surface area contributed by atoms with Gasteiger partial charge in [-0.3, -0.25) is 9.59 Å². The second-order valence-corrected chi connectivity index (χ2v) is 8.30. The van der Waals surface area contributed by atoms with Crippen LogP contribution in [0.25, 0.3) is 0 Å². The third-order valence-electron chi connectivity index (χ3n) is 5.60. The Morgan fingerprint density at radius 2 is 1.85 bits per heavy atom. The molecule has 0 fully saturated rings. The van der Waals surface area contributed by atoms with E-state index in [-0.39, 0.29) is 18.6 Å². The minimum atomic E-state index is -0.636. The van der Waals surface area contributed by atoms with Crippen molar-refractivity contribution < 1.29 is 23.8 Å². The zero-order chi connectivity index (χ0) is 22.9. The quantitative estimate of drug-likeness (QED) is 0.609. The molecule has 0 spiro atoms. The Labute approximate surface area is 195 Å². The Morgan fingerprint density at radius 1 is 1.06 bits per heavy atom. The van der Waals surface area contributed by atoms with Crippen LogP contribution in [0.5, 0.6) is 17.2 Å². The summed E-state index contributed by atoms with van der Waals surface area (Å²) >= 11 is 6.31. The Bertz CT molecular complexity index is 1250. The van der Waals surface area contributed by atoms with Crippen LogP contribution in [-0.4, -0.2) is 29.6 Å². The highest BCUT2D eigenvalue weighted by atomic mass is 35.5. The number of nitrogens with zero attached hydrogens (tertiary/aromatic N) is 1. The number of amides is 2. The van der Waals surface area contributed by atoms with Crippen LogP contribution in [0.15, 0.2) is 60.7 Å². The van der Waals surface area contributed by atoms with Gasteiger partial charge >= 0.3 is 0 Å². The molecule has 33 heavy (non-hydrogen) atoms. The first-order valence-corrected chi connectivity index (χ1v) is 10.9. The Morgan fingerprint density at radius 3 is 2.70 bits per heavy atom. The molecule has 3 aromatic rings. The zero-order valence-corrected chi connectivity index (χ0v) is 18.6. The van der Waals surface area contributed by atoms with Gasteiger partial charge in [0.2, 0.25) is 6.79 Å². The Kier molecular flexibility index (Phi) is 5.56. The summed E-state index contributed by atoms with van der Waals surface area (Å²) in [7, 11) is 0. The second kappa shape index (κ2) is 8.67. The van der Waals surface area contributed by atoms with E-state index >= 15 is 0 Å². The maximum atomic E-state index is 12.9. The van der Waals surface area contributed by atoms with Crippen molar-refractivity contribution >= 4 is 29.1 Å². The summed E-state index contributed by atoms with van der Waals surface area (Å²) in [6, 6.07) is 17.8. The second-order valence-electron chi connectivity index (χ2n) is 7.89. The largest absolute Gasteiger partial charge is 0.481 e. The first-order chi connectivity index (χ1) is 16.0. The van der Waals surface area contributed by atoms with Gasteiger partial charge in [0.05, 0.1) is 0 Å². The predicted octanol–water partition coefficient (Wildman–Crippen LogP) is 4.63. The molecule has 7 nitrogen and oxygen atoms in total. The van der Waals surface area contributed by atoms with Gasteiger partial charge in [-0.25, -0.2) is 0 Å². The van der Waals surface area contributed by atoms with E-state index in [1.165, 1.54) is 0 Å². The number of ether oxygens (including phenoxy) is 3. The van der Waals surface area contributed by atoms with Crippen LogP contribution in [0, 0.1) is 0 Å². The summed E-state index contributed by atoms with van der Waals surface area (Å²) < 4.78 is 16.5. The van der Waals surface area contributed by atoms with E-state index in [0.29, 0.717) is 46.6 Å². The summed E-state index contributed by atoms with van der Waals surface area (Å²) in [5.74, 6) is 1.36. The number of fused-ring (bicyclic) bond motifs is 2. The van der Waals surface area contributed by atoms with Gasteiger partial charge in [0.25, 0.3) is 11.8 Å². The Balaban J connectivity index is 1.37. The van der Waals surface area contributed by atoms with E-state index in [9.17, 15) is 9.59 Å². The number of carbonyl (C=O) groups is 2. The van der Waals surface area contributed by atoms with E-state index in [2.05, 4.69) is 5.32 Å². The van der Waals surface area contributed by atoms with Crippen LogP contribution in [0.4, 0.5) is 5.69 Å².